The average molecular weight is 366 g/mol. The van der Waals surface area contributed by atoms with Gasteiger partial charge in [0.05, 0.1) is 12.5 Å². The number of hydrogen-bond donors (Lipinski definition) is 1. The van der Waals surface area contributed by atoms with Gasteiger partial charge in [0.25, 0.3) is 0 Å². The molecule has 3 rings (SSSR count). The molecule has 6 nitrogen and oxygen atoms in total. The third-order valence-corrected chi connectivity index (χ3v) is 4.52. The van der Waals surface area contributed by atoms with Gasteiger partial charge in [0.1, 0.15) is 5.75 Å². The molecule has 0 radical (unpaired) electrons. The van der Waals surface area contributed by atoms with Crippen LogP contribution in [0.5, 0.6) is 17.2 Å². The van der Waals surface area contributed by atoms with Crippen LogP contribution in [0.4, 0.5) is 5.69 Å². The highest BCUT2D eigenvalue weighted by Gasteiger charge is 2.46. The summed E-state index contributed by atoms with van der Waals surface area (Å²) in [7, 11) is 1.59. The largest absolute Gasteiger partial charge is 0.493 e. The van der Waals surface area contributed by atoms with E-state index in [1.54, 1.807) is 36.3 Å². The van der Waals surface area contributed by atoms with Gasteiger partial charge in [-0.1, -0.05) is 18.7 Å². The number of carbonyl (C=O) groups is 2. The third-order valence-electron chi connectivity index (χ3n) is 4.52. The monoisotopic (exact) mass is 366 g/mol. The van der Waals surface area contributed by atoms with Crippen molar-refractivity contribution in [2.24, 2.45) is 5.41 Å². The minimum atomic E-state index is -0.592. The standard InChI is InChI=1S/C21H22N2O4/c1-4-19(24)23-13-21(2,14-23)20(25)22-15-9-11-16(12-10-15)27-18-8-6-5-7-17(18)26-3/h4-12H,1,13-14H2,2-3H3,(H,22,25). The molecule has 2 aromatic rings. The highest BCUT2D eigenvalue weighted by molar-refractivity contribution is 5.98. The first-order valence-corrected chi connectivity index (χ1v) is 8.59. The molecule has 1 aliphatic heterocycles. The Morgan fingerprint density at radius 2 is 1.74 bits per heavy atom. The molecular weight excluding hydrogens is 344 g/mol. The predicted molar refractivity (Wildman–Crippen MR) is 103 cm³/mol. The van der Waals surface area contributed by atoms with E-state index in [9.17, 15) is 9.59 Å². The lowest BCUT2D eigenvalue weighted by Gasteiger charge is -2.46. The highest BCUT2D eigenvalue weighted by Crippen LogP contribution is 2.33. The number of likely N-dealkylation sites (tertiary alicyclic amines) is 1. The molecule has 6 heteroatoms. The van der Waals surface area contributed by atoms with E-state index < -0.39 is 5.41 Å². The van der Waals surface area contributed by atoms with Crippen LogP contribution in [0.15, 0.2) is 61.2 Å². The molecule has 0 saturated carbocycles. The van der Waals surface area contributed by atoms with Crippen molar-refractivity contribution < 1.29 is 19.1 Å². The Bertz CT molecular complexity index is 855. The summed E-state index contributed by atoms with van der Waals surface area (Å²) in [5.41, 5.74) is 0.0766. The number of para-hydroxylation sites is 2. The molecule has 1 fully saturated rings. The van der Waals surface area contributed by atoms with Gasteiger partial charge in [0.2, 0.25) is 11.8 Å². The van der Waals surface area contributed by atoms with Gasteiger partial charge in [-0.3, -0.25) is 9.59 Å². The molecule has 0 spiro atoms. The Hall–Kier alpha value is -3.28. The van der Waals surface area contributed by atoms with E-state index in [0.717, 1.165) is 0 Å². The quantitative estimate of drug-likeness (QED) is 0.795. The van der Waals surface area contributed by atoms with Crippen LogP contribution in [0, 0.1) is 5.41 Å². The number of hydrogen-bond acceptors (Lipinski definition) is 4. The van der Waals surface area contributed by atoms with Crippen molar-refractivity contribution in [2.75, 3.05) is 25.5 Å². The van der Waals surface area contributed by atoms with Crippen molar-refractivity contribution in [3.05, 3.63) is 61.2 Å². The summed E-state index contributed by atoms with van der Waals surface area (Å²) < 4.78 is 11.1. The maximum absolute atomic E-state index is 12.5. The van der Waals surface area contributed by atoms with Crippen molar-refractivity contribution in [1.82, 2.24) is 4.90 Å². The van der Waals surface area contributed by atoms with Gasteiger partial charge < -0.3 is 19.7 Å². The van der Waals surface area contributed by atoms with Gasteiger partial charge in [0.15, 0.2) is 11.5 Å². The van der Waals surface area contributed by atoms with Crippen molar-refractivity contribution in [3.8, 4) is 17.2 Å². The van der Waals surface area contributed by atoms with Gasteiger partial charge in [-0.2, -0.15) is 0 Å². The molecule has 2 aromatic carbocycles. The molecule has 0 bridgehead atoms. The van der Waals surface area contributed by atoms with Gasteiger partial charge in [-0.15, -0.1) is 0 Å². The minimum absolute atomic E-state index is 0.117. The maximum Gasteiger partial charge on any atom is 0.246 e. The van der Waals surface area contributed by atoms with Gasteiger partial charge in [0, 0.05) is 18.8 Å². The summed E-state index contributed by atoms with van der Waals surface area (Å²) in [6.07, 6.45) is 1.26. The molecule has 0 aromatic heterocycles. The van der Waals surface area contributed by atoms with Crippen LogP contribution < -0.4 is 14.8 Å². The number of ether oxygens (including phenoxy) is 2. The Balaban J connectivity index is 1.60. The second kappa shape index (κ2) is 7.53. The summed E-state index contributed by atoms with van der Waals surface area (Å²) in [4.78, 5) is 25.7. The number of nitrogens with one attached hydrogen (secondary N) is 1. The Kier molecular flexibility index (Phi) is 5.16. The zero-order valence-corrected chi connectivity index (χ0v) is 15.4. The van der Waals surface area contributed by atoms with Crippen LogP contribution in [-0.4, -0.2) is 36.9 Å². The number of rotatable bonds is 6. The van der Waals surface area contributed by atoms with Crippen molar-refractivity contribution in [1.29, 1.82) is 0 Å². The second-order valence-electron chi connectivity index (χ2n) is 6.69. The van der Waals surface area contributed by atoms with Crippen LogP contribution in [-0.2, 0) is 9.59 Å². The molecule has 140 valence electrons. The first-order chi connectivity index (χ1) is 12.9. The molecule has 0 unspecified atom stereocenters. The topological polar surface area (TPSA) is 67.9 Å². The Labute approximate surface area is 158 Å². The van der Waals surface area contributed by atoms with E-state index in [0.29, 0.717) is 36.0 Å². The number of benzene rings is 2. The molecule has 1 N–H and O–H groups in total. The Morgan fingerprint density at radius 3 is 2.33 bits per heavy atom. The lowest BCUT2D eigenvalue weighted by Crippen LogP contribution is -2.61. The van der Waals surface area contributed by atoms with Gasteiger partial charge in [-0.25, -0.2) is 0 Å². The molecule has 1 heterocycles. The minimum Gasteiger partial charge on any atom is -0.493 e. The summed E-state index contributed by atoms with van der Waals surface area (Å²) in [6, 6.07) is 14.5. The smallest absolute Gasteiger partial charge is 0.246 e. The van der Waals surface area contributed by atoms with Crippen molar-refractivity contribution in [2.45, 2.75) is 6.92 Å². The van der Waals surface area contributed by atoms with Crippen LogP contribution in [0.25, 0.3) is 0 Å². The van der Waals surface area contributed by atoms with Crippen LogP contribution in [0.2, 0.25) is 0 Å². The molecule has 0 aliphatic carbocycles. The van der Waals surface area contributed by atoms with Crippen LogP contribution >= 0.6 is 0 Å². The summed E-state index contributed by atoms with van der Waals surface area (Å²) in [5, 5.41) is 2.89. The zero-order valence-electron chi connectivity index (χ0n) is 15.4. The molecule has 0 atom stereocenters. The summed E-state index contributed by atoms with van der Waals surface area (Å²) in [6.45, 7) is 6.08. The molecule has 1 aliphatic rings. The number of amides is 2. The average Bonchev–Trinajstić information content (AvgIpc) is 2.66. The predicted octanol–water partition coefficient (Wildman–Crippen LogP) is 3.46. The lowest BCUT2D eigenvalue weighted by molar-refractivity contribution is -0.145. The van der Waals surface area contributed by atoms with E-state index >= 15 is 0 Å². The second-order valence-corrected chi connectivity index (χ2v) is 6.69. The fourth-order valence-corrected chi connectivity index (χ4v) is 2.94. The van der Waals surface area contributed by atoms with E-state index in [4.69, 9.17) is 9.47 Å². The van der Waals surface area contributed by atoms with E-state index in [1.807, 2.05) is 31.2 Å². The number of methoxy groups -OCH3 is 1. The number of carbonyl (C=O) groups excluding carboxylic acids is 2. The summed E-state index contributed by atoms with van der Waals surface area (Å²) in [5.74, 6) is 1.62. The molecular formula is C21H22N2O4. The highest BCUT2D eigenvalue weighted by atomic mass is 16.5. The normalized spacial score (nSPS) is 14.7. The SMILES string of the molecule is C=CC(=O)N1CC(C)(C(=O)Nc2ccc(Oc3ccccc3OC)cc2)C1. The first kappa shape index (κ1) is 18.5. The van der Waals surface area contributed by atoms with Crippen molar-refractivity contribution >= 4 is 17.5 Å². The molecule has 1 saturated heterocycles. The molecule has 2 amide bonds. The van der Waals surface area contributed by atoms with E-state index in [-0.39, 0.29) is 11.8 Å². The first-order valence-electron chi connectivity index (χ1n) is 8.59. The van der Waals surface area contributed by atoms with Crippen LogP contribution in [0.3, 0.4) is 0 Å². The Morgan fingerprint density at radius 1 is 1.11 bits per heavy atom. The van der Waals surface area contributed by atoms with E-state index in [2.05, 4.69) is 11.9 Å². The number of nitrogens with zero attached hydrogens (tertiary/aromatic N) is 1. The van der Waals surface area contributed by atoms with Gasteiger partial charge >= 0.3 is 0 Å². The summed E-state index contributed by atoms with van der Waals surface area (Å²) >= 11 is 0. The molecule has 27 heavy (non-hydrogen) atoms. The fraction of sp³-hybridized carbons (Fsp3) is 0.238. The van der Waals surface area contributed by atoms with Gasteiger partial charge in [-0.05, 0) is 49.4 Å². The zero-order chi connectivity index (χ0) is 19.4. The van der Waals surface area contributed by atoms with Crippen molar-refractivity contribution in [3.63, 3.8) is 0 Å². The fourth-order valence-electron chi connectivity index (χ4n) is 2.94. The van der Waals surface area contributed by atoms with E-state index in [1.165, 1.54) is 6.08 Å². The lowest BCUT2D eigenvalue weighted by atomic mass is 9.80. The van der Waals surface area contributed by atoms with Crippen LogP contribution in [0.1, 0.15) is 6.92 Å². The maximum atomic E-state index is 12.5. The number of anilines is 1. The third kappa shape index (κ3) is 3.95.